The number of nitrogens with zero attached hydrogens (tertiary/aromatic N) is 4. The van der Waals surface area contributed by atoms with Gasteiger partial charge in [0.25, 0.3) is 0 Å². The van der Waals surface area contributed by atoms with Crippen molar-refractivity contribution < 1.29 is 4.79 Å². The van der Waals surface area contributed by atoms with Crippen molar-refractivity contribution in [2.75, 3.05) is 47.0 Å². The van der Waals surface area contributed by atoms with Crippen molar-refractivity contribution >= 4 is 50.8 Å². The predicted molar refractivity (Wildman–Crippen MR) is 131 cm³/mol. The van der Waals surface area contributed by atoms with Crippen LogP contribution >= 0.6 is 27.7 Å². The van der Waals surface area contributed by atoms with Crippen molar-refractivity contribution in [3.63, 3.8) is 0 Å². The van der Waals surface area contributed by atoms with Crippen LogP contribution in [0.2, 0.25) is 0 Å². The zero-order valence-corrected chi connectivity index (χ0v) is 19.7. The van der Waals surface area contributed by atoms with Crippen LogP contribution in [-0.2, 0) is 4.79 Å². The zero-order valence-electron chi connectivity index (χ0n) is 17.3. The molecule has 2 aromatic carbocycles. The lowest BCUT2D eigenvalue weighted by atomic mass is 10.2. The highest BCUT2D eigenvalue weighted by Crippen LogP contribution is 2.22. The number of aryl methyl sites for hydroxylation is 1. The third-order valence-corrected chi connectivity index (χ3v) is 6.95. The summed E-state index contributed by atoms with van der Waals surface area (Å²) >= 11 is 4.85. The third-order valence-electron chi connectivity index (χ3n) is 5.14. The van der Waals surface area contributed by atoms with Gasteiger partial charge in [0.2, 0.25) is 5.91 Å². The van der Waals surface area contributed by atoms with Gasteiger partial charge in [0.1, 0.15) is 5.03 Å². The van der Waals surface area contributed by atoms with Crippen LogP contribution in [0.1, 0.15) is 5.56 Å². The van der Waals surface area contributed by atoms with Gasteiger partial charge in [-0.25, -0.2) is 0 Å². The summed E-state index contributed by atoms with van der Waals surface area (Å²) in [6.45, 7) is 5.72. The number of anilines is 3. The van der Waals surface area contributed by atoms with Crippen molar-refractivity contribution in [2.24, 2.45) is 0 Å². The lowest BCUT2D eigenvalue weighted by Crippen LogP contribution is -2.46. The van der Waals surface area contributed by atoms with E-state index in [1.165, 1.54) is 17.4 Å². The molecule has 0 atom stereocenters. The number of hydrogen-bond donors (Lipinski definition) is 1. The summed E-state index contributed by atoms with van der Waals surface area (Å²) in [6, 6.07) is 20.2. The number of hydrogen-bond acceptors (Lipinski definition) is 6. The molecule has 4 rings (SSSR count). The summed E-state index contributed by atoms with van der Waals surface area (Å²) in [4.78, 5) is 16.9. The second kappa shape index (κ2) is 10.2. The summed E-state index contributed by atoms with van der Waals surface area (Å²) in [5.74, 6) is 1.11. The molecule has 1 aliphatic heterocycles. The largest absolute Gasteiger partial charge is 0.368 e. The molecule has 8 heteroatoms. The van der Waals surface area contributed by atoms with Gasteiger partial charge < -0.3 is 15.1 Å². The first-order chi connectivity index (χ1) is 15.1. The molecular weight excluding hydrogens is 474 g/mol. The Morgan fingerprint density at radius 3 is 2.42 bits per heavy atom. The van der Waals surface area contributed by atoms with Gasteiger partial charge in [-0.1, -0.05) is 45.9 Å². The second-order valence-electron chi connectivity index (χ2n) is 7.34. The van der Waals surface area contributed by atoms with E-state index in [1.807, 2.05) is 43.3 Å². The highest BCUT2D eigenvalue weighted by atomic mass is 79.9. The highest BCUT2D eigenvalue weighted by Gasteiger charge is 2.18. The summed E-state index contributed by atoms with van der Waals surface area (Å²) in [6.07, 6.45) is 0. The van der Waals surface area contributed by atoms with E-state index < -0.39 is 0 Å². The van der Waals surface area contributed by atoms with Crippen molar-refractivity contribution in [3.8, 4) is 0 Å². The molecule has 1 aromatic heterocycles. The van der Waals surface area contributed by atoms with Crippen LogP contribution in [0, 0.1) is 6.92 Å². The van der Waals surface area contributed by atoms with Crippen LogP contribution in [0.25, 0.3) is 0 Å². The van der Waals surface area contributed by atoms with E-state index in [0.29, 0.717) is 5.75 Å². The van der Waals surface area contributed by atoms with Crippen LogP contribution in [0.4, 0.5) is 17.2 Å². The topological polar surface area (TPSA) is 61.4 Å². The van der Waals surface area contributed by atoms with Crippen LogP contribution in [-0.4, -0.2) is 48.0 Å². The van der Waals surface area contributed by atoms with Gasteiger partial charge in [0.05, 0.1) is 5.75 Å². The standard InChI is InChI=1S/C23H24BrN5OS/c1-17-15-18(7-8-20(17)24)25-22(30)16-31-23-10-9-21(26-27-23)29-13-11-28(12-14-29)19-5-3-2-4-6-19/h2-10,15H,11-14,16H2,1H3,(H,25,30). The average Bonchev–Trinajstić information content (AvgIpc) is 2.81. The number of halogens is 1. The van der Waals surface area contributed by atoms with Crippen molar-refractivity contribution in [1.29, 1.82) is 0 Å². The molecule has 1 aliphatic rings. The molecule has 2 heterocycles. The highest BCUT2D eigenvalue weighted by molar-refractivity contribution is 9.10. The molecule has 6 nitrogen and oxygen atoms in total. The first-order valence-electron chi connectivity index (χ1n) is 10.2. The van der Waals surface area contributed by atoms with E-state index in [-0.39, 0.29) is 5.91 Å². The Morgan fingerprint density at radius 1 is 1.00 bits per heavy atom. The summed E-state index contributed by atoms with van der Waals surface area (Å²) in [5, 5.41) is 12.4. The first-order valence-corrected chi connectivity index (χ1v) is 11.9. The molecule has 0 unspecified atom stereocenters. The van der Waals surface area contributed by atoms with E-state index in [1.54, 1.807) is 0 Å². The third kappa shape index (κ3) is 5.77. The van der Waals surface area contributed by atoms with E-state index in [9.17, 15) is 4.79 Å². The minimum atomic E-state index is -0.0605. The van der Waals surface area contributed by atoms with Crippen LogP contribution in [0.3, 0.4) is 0 Å². The molecule has 1 saturated heterocycles. The lowest BCUT2D eigenvalue weighted by molar-refractivity contribution is -0.113. The van der Waals surface area contributed by atoms with E-state index >= 15 is 0 Å². The number of nitrogens with one attached hydrogen (secondary N) is 1. The molecule has 0 spiro atoms. The average molecular weight is 498 g/mol. The number of thioether (sulfide) groups is 1. The Hall–Kier alpha value is -2.58. The van der Waals surface area contributed by atoms with Gasteiger partial charge in [0.15, 0.2) is 5.82 Å². The fraction of sp³-hybridized carbons (Fsp3) is 0.261. The Morgan fingerprint density at radius 2 is 1.74 bits per heavy atom. The molecule has 160 valence electrons. The molecule has 3 aromatic rings. The summed E-state index contributed by atoms with van der Waals surface area (Å²) in [7, 11) is 0. The number of rotatable bonds is 6. The van der Waals surface area contributed by atoms with Crippen LogP contribution < -0.4 is 15.1 Å². The molecule has 31 heavy (non-hydrogen) atoms. The van der Waals surface area contributed by atoms with Gasteiger partial charge in [-0.3, -0.25) is 4.79 Å². The minimum absolute atomic E-state index is 0.0605. The molecule has 0 bridgehead atoms. The number of carbonyl (C=O) groups excluding carboxylic acids is 1. The van der Waals surface area contributed by atoms with Gasteiger partial charge in [-0.2, -0.15) is 0 Å². The summed E-state index contributed by atoms with van der Waals surface area (Å²) < 4.78 is 1.02. The smallest absolute Gasteiger partial charge is 0.234 e. The van der Waals surface area contributed by atoms with E-state index in [0.717, 1.165) is 52.7 Å². The number of aromatic nitrogens is 2. The fourth-order valence-corrected chi connectivity index (χ4v) is 4.31. The Labute approximate surface area is 195 Å². The molecule has 1 N–H and O–H groups in total. The number of amides is 1. The Bertz CT molecular complexity index is 1020. The number of piperazine rings is 1. The predicted octanol–water partition coefficient (Wildman–Crippen LogP) is 4.60. The summed E-state index contributed by atoms with van der Waals surface area (Å²) in [5.41, 5.74) is 3.13. The molecule has 0 aliphatic carbocycles. The monoisotopic (exact) mass is 497 g/mol. The Kier molecular flexibility index (Phi) is 7.09. The number of para-hydroxylation sites is 1. The normalized spacial score (nSPS) is 13.9. The molecule has 1 fully saturated rings. The van der Waals surface area contributed by atoms with Gasteiger partial charge >= 0.3 is 0 Å². The maximum absolute atomic E-state index is 12.2. The molecule has 1 amide bonds. The number of benzene rings is 2. The van der Waals surface area contributed by atoms with Gasteiger partial charge in [-0.15, -0.1) is 10.2 Å². The number of carbonyl (C=O) groups is 1. The SMILES string of the molecule is Cc1cc(NC(=O)CSc2ccc(N3CCN(c4ccccc4)CC3)nn2)ccc1Br. The molecule has 0 radical (unpaired) electrons. The zero-order chi connectivity index (χ0) is 21.6. The van der Waals surface area contributed by atoms with Crippen molar-refractivity contribution in [2.45, 2.75) is 11.9 Å². The van der Waals surface area contributed by atoms with Crippen LogP contribution in [0.5, 0.6) is 0 Å². The fourth-order valence-electron chi connectivity index (χ4n) is 3.45. The van der Waals surface area contributed by atoms with Gasteiger partial charge in [0, 0.05) is 42.0 Å². The van der Waals surface area contributed by atoms with Crippen LogP contribution in [0.15, 0.2) is 70.2 Å². The minimum Gasteiger partial charge on any atom is -0.368 e. The molecular formula is C23H24BrN5OS. The Balaban J connectivity index is 1.25. The first kappa shape index (κ1) is 21.6. The lowest BCUT2D eigenvalue weighted by Gasteiger charge is -2.36. The quantitative estimate of drug-likeness (QED) is 0.502. The van der Waals surface area contributed by atoms with Crippen molar-refractivity contribution in [3.05, 3.63) is 70.7 Å². The van der Waals surface area contributed by atoms with Crippen molar-refractivity contribution in [1.82, 2.24) is 10.2 Å². The van der Waals surface area contributed by atoms with E-state index in [2.05, 4.69) is 65.5 Å². The maximum Gasteiger partial charge on any atom is 0.234 e. The van der Waals surface area contributed by atoms with E-state index in [4.69, 9.17) is 0 Å². The molecule has 0 saturated carbocycles. The maximum atomic E-state index is 12.2. The second-order valence-corrected chi connectivity index (χ2v) is 9.19. The van der Waals surface area contributed by atoms with Gasteiger partial charge in [-0.05, 0) is 55.0 Å².